The fraction of sp³-hybridized carbons (Fsp3) is 0.889. The van der Waals surface area contributed by atoms with Crippen molar-refractivity contribution < 1.29 is 0 Å². The summed E-state index contributed by atoms with van der Waals surface area (Å²) in [6, 6.07) is 2.16. The maximum atomic E-state index is 8.33. The van der Waals surface area contributed by atoms with Crippen LogP contribution in [0.4, 0.5) is 0 Å². The molecule has 0 bridgehead atoms. The molecule has 1 saturated carbocycles. The smallest absolute Gasteiger partial charge is 0.0635 e. The van der Waals surface area contributed by atoms with Crippen LogP contribution in [0.15, 0.2) is 0 Å². The van der Waals surface area contributed by atoms with Crippen LogP contribution in [-0.2, 0) is 0 Å². The molecular formula is C9H16N2. The van der Waals surface area contributed by atoms with E-state index in [9.17, 15) is 0 Å². The molecule has 2 heteroatoms. The van der Waals surface area contributed by atoms with Gasteiger partial charge in [-0.25, -0.2) is 0 Å². The van der Waals surface area contributed by atoms with E-state index >= 15 is 0 Å². The predicted octanol–water partition coefficient (Wildman–Crippen LogP) is 1.63. The lowest BCUT2D eigenvalue weighted by atomic mass is 10.3. The third-order valence-corrected chi connectivity index (χ3v) is 2.22. The second-order valence-corrected chi connectivity index (χ2v) is 3.44. The Bertz CT molecular complexity index is 144. The van der Waals surface area contributed by atoms with Gasteiger partial charge in [0.25, 0.3) is 0 Å². The van der Waals surface area contributed by atoms with Crippen LogP contribution in [0.3, 0.4) is 0 Å². The van der Waals surface area contributed by atoms with Gasteiger partial charge in [0, 0.05) is 13.0 Å². The molecule has 62 valence electrons. The Labute approximate surface area is 68.8 Å². The molecule has 11 heavy (non-hydrogen) atoms. The van der Waals surface area contributed by atoms with Crippen LogP contribution in [0, 0.1) is 17.2 Å². The highest BCUT2D eigenvalue weighted by Crippen LogP contribution is 2.32. The van der Waals surface area contributed by atoms with Crippen LogP contribution >= 0.6 is 0 Å². The average molecular weight is 152 g/mol. The number of rotatable bonds is 5. The number of nitrogens with zero attached hydrogens (tertiary/aromatic N) is 2. The molecule has 1 aliphatic rings. The quantitative estimate of drug-likeness (QED) is 0.598. The number of hydrogen-bond donors (Lipinski definition) is 0. The minimum atomic E-state index is 0.668. The van der Waals surface area contributed by atoms with Crippen molar-refractivity contribution in [1.29, 1.82) is 5.26 Å². The number of nitriles is 1. The maximum absolute atomic E-state index is 8.33. The highest BCUT2D eigenvalue weighted by molar-refractivity contribution is 4.75. The molecule has 0 atom stereocenters. The van der Waals surface area contributed by atoms with Crippen molar-refractivity contribution >= 4 is 0 Å². The van der Waals surface area contributed by atoms with Gasteiger partial charge in [0.2, 0.25) is 0 Å². The zero-order chi connectivity index (χ0) is 8.10. The van der Waals surface area contributed by atoms with Gasteiger partial charge < -0.3 is 4.90 Å². The lowest BCUT2D eigenvalue weighted by Gasteiger charge is -2.13. The topological polar surface area (TPSA) is 27.0 Å². The largest absolute Gasteiger partial charge is 0.305 e. The van der Waals surface area contributed by atoms with Crippen LogP contribution in [0.5, 0.6) is 0 Å². The Hall–Kier alpha value is -0.550. The van der Waals surface area contributed by atoms with E-state index in [4.69, 9.17) is 5.26 Å². The van der Waals surface area contributed by atoms with Crippen molar-refractivity contribution in [2.45, 2.75) is 25.7 Å². The first kappa shape index (κ1) is 8.55. The summed E-state index contributed by atoms with van der Waals surface area (Å²) in [4.78, 5) is 2.25. The maximum Gasteiger partial charge on any atom is 0.0635 e. The van der Waals surface area contributed by atoms with Crippen LogP contribution in [0.1, 0.15) is 25.7 Å². The van der Waals surface area contributed by atoms with E-state index in [0.29, 0.717) is 6.42 Å². The van der Waals surface area contributed by atoms with E-state index in [0.717, 1.165) is 12.5 Å². The third-order valence-electron chi connectivity index (χ3n) is 2.22. The minimum Gasteiger partial charge on any atom is -0.305 e. The molecule has 1 fully saturated rings. The van der Waals surface area contributed by atoms with Gasteiger partial charge in [-0.15, -0.1) is 0 Å². The summed E-state index contributed by atoms with van der Waals surface area (Å²) < 4.78 is 0. The molecule has 1 aliphatic carbocycles. The van der Waals surface area contributed by atoms with Crippen LogP contribution in [0.2, 0.25) is 0 Å². The van der Waals surface area contributed by atoms with Gasteiger partial charge in [0.1, 0.15) is 0 Å². The summed E-state index contributed by atoms with van der Waals surface area (Å²) >= 11 is 0. The van der Waals surface area contributed by atoms with Gasteiger partial charge in [-0.2, -0.15) is 5.26 Å². The van der Waals surface area contributed by atoms with Crippen molar-refractivity contribution in [3.05, 3.63) is 0 Å². The molecule has 0 unspecified atom stereocenters. The molecule has 0 spiro atoms. The molecular weight excluding hydrogens is 136 g/mol. The van der Waals surface area contributed by atoms with Gasteiger partial charge >= 0.3 is 0 Å². The molecule has 0 N–H and O–H groups in total. The van der Waals surface area contributed by atoms with Crippen molar-refractivity contribution in [1.82, 2.24) is 4.90 Å². The SMILES string of the molecule is CN(CCC#N)CCC1CC1. The fourth-order valence-corrected chi connectivity index (χ4v) is 1.16. The Morgan fingerprint density at radius 3 is 2.73 bits per heavy atom. The second kappa shape index (κ2) is 4.35. The predicted molar refractivity (Wildman–Crippen MR) is 45.1 cm³/mol. The highest BCUT2D eigenvalue weighted by atomic mass is 15.1. The highest BCUT2D eigenvalue weighted by Gasteiger charge is 2.20. The summed E-state index contributed by atoms with van der Waals surface area (Å²) in [7, 11) is 2.10. The number of hydrogen-bond acceptors (Lipinski definition) is 2. The van der Waals surface area contributed by atoms with Gasteiger partial charge in [0.15, 0.2) is 0 Å². The molecule has 1 rings (SSSR count). The minimum absolute atomic E-state index is 0.668. The van der Waals surface area contributed by atoms with E-state index in [1.165, 1.54) is 25.8 Å². The van der Waals surface area contributed by atoms with E-state index in [-0.39, 0.29) is 0 Å². The molecule has 0 aromatic heterocycles. The summed E-state index contributed by atoms with van der Waals surface area (Å²) in [5.74, 6) is 1.01. The van der Waals surface area contributed by atoms with E-state index in [2.05, 4.69) is 18.0 Å². The Kier molecular flexibility index (Phi) is 3.38. The average Bonchev–Trinajstić information content (AvgIpc) is 2.80. The molecule has 0 aromatic rings. The lowest BCUT2D eigenvalue weighted by molar-refractivity contribution is 0.329. The summed E-state index contributed by atoms with van der Waals surface area (Å²) in [6.07, 6.45) is 4.88. The van der Waals surface area contributed by atoms with E-state index in [1.807, 2.05) is 0 Å². The van der Waals surface area contributed by atoms with Crippen LogP contribution in [0.25, 0.3) is 0 Å². The van der Waals surface area contributed by atoms with Crippen LogP contribution < -0.4 is 0 Å². The molecule has 2 nitrogen and oxygen atoms in total. The molecule has 0 aromatic carbocycles. The van der Waals surface area contributed by atoms with Crippen molar-refractivity contribution in [2.75, 3.05) is 20.1 Å². The first-order valence-corrected chi connectivity index (χ1v) is 4.38. The Morgan fingerprint density at radius 1 is 1.45 bits per heavy atom. The van der Waals surface area contributed by atoms with Crippen molar-refractivity contribution in [3.63, 3.8) is 0 Å². The van der Waals surface area contributed by atoms with E-state index in [1.54, 1.807) is 0 Å². The standard InChI is InChI=1S/C9H16N2/c1-11(7-2-6-10)8-5-9-3-4-9/h9H,2-5,7-8H2,1H3. The first-order valence-electron chi connectivity index (χ1n) is 4.38. The van der Waals surface area contributed by atoms with Crippen LogP contribution in [-0.4, -0.2) is 25.0 Å². The summed E-state index contributed by atoms with van der Waals surface area (Å²) in [5.41, 5.74) is 0. The summed E-state index contributed by atoms with van der Waals surface area (Å²) in [6.45, 7) is 2.11. The zero-order valence-electron chi connectivity index (χ0n) is 7.21. The Balaban J connectivity index is 1.92. The van der Waals surface area contributed by atoms with E-state index < -0.39 is 0 Å². The molecule has 0 amide bonds. The van der Waals surface area contributed by atoms with Crippen molar-refractivity contribution in [3.8, 4) is 6.07 Å². The zero-order valence-corrected chi connectivity index (χ0v) is 7.21. The van der Waals surface area contributed by atoms with Gasteiger partial charge in [-0.3, -0.25) is 0 Å². The lowest BCUT2D eigenvalue weighted by Crippen LogP contribution is -2.20. The molecule has 0 heterocycles. The van der Waals surface area contributed by atoms with Crippen molar-refractivity contribution in [2.24, 2.45) is 5.92 Å². The molecule has 0 saturated heterocycles. The molecule has 0 radical (unpaired) electrons. The Morgan fingerprint density at radius 2 is 2.18 bits per heavy atom. The monoisotopic (exact) mass is 152 g/mol. The third kappa shape index (κ3) is 4.00. The van der Waals surface area contributed by atoms with Gasteiger partial charge in [-0.05, 0) is 25.9 Å². The fourth-order valence-electron chi connectivity index (χ4n) is 1.16. The normalized spacial score (nSPS) is 16.8. The van der Waals surface area contributed by atoms with Gasteiger partial charge in [0.05, 0.1) is 6.07 Å². The van der Waals surface area contributed by atoms with Gasteiger partial charge in [-0.1, -0.05) is 12.8 Å². The molecule has 0 aliphatic heterocycles. The summed E-state index contributed by atoms with van der Waals surface area (Å²) in [5, 5.41) is 8.33. The second-order valence-electron chi connectivity index (χ2n) is 3.44. The first-order chi connectivity index (χ1) is 5.33.